The Bertz CT molecular complexity index is 736. The number of nitrogens with one attached hydrogen (secondary N) is 2. The lowest BCUT2D eigenvalue weighted by atomic mass is 10.0. The summed E-state index contributed by atoms with van der Waals surface area (Å²) in [5.74, 6) is 0.792. The number of carbonyl (C=O) groups is 1. The Morgan fingerprint density at radius 2 is 1.93 bits per heavy atom. The Labute approximate surface area is 159 Å². The number of ether oxygens (including phenoxy) is 2. The minimum atomic E-state index is -0.731. The fourth-order valence-electron chi connectivity index (χ4n) is 3.30. The predicted octanol–water partition coefficient (Wildman–Crippen LogP) is 2.43. The molecule has 4 atom stereocenters. The molecule has 1 amide bonds. The van der Waals surface area contributed by atoms with Gasteiger partial charge in [-0.3, -0.25) is 0 Å². The van der Waals surface area contributed by atoms with Gasteiger partial charge >= 0.3 is 6.09 Å². The van der Waals surface area contributed by atoms with Crippen LogP contribution in [-0.4, -0.2) is 43.1 Å². The van der Waals surface area contributed by atoms with Crippen molar-refractivity contribution in [2.75, 3.05) is 13.7 Å². The van der Waals surface area contributed by atoms with Crippen LogP contribution in [0.25, 0.3) is 0 Å². The van der Waals surface area contributed by atoms with E-state index in [-0.39, 0.29) is 12.1 Å². The summed E-state index contributed by atoms with van der Waals surface area (Å²) in [6.45, 7) is 2.29. The number of benzene rings is 2. The summed E-state index contributed by atoms with van der Waals surface area (Å²) >= 11 is 0. The van der Waals surface area contributed by atoms with Crippen LogP contribution in [0.1, 0.15) is 24.1 Å². The number of alkyl carbamates (subject to hydrolysis) is 1. The molecule has 3 N–H and O–H groups in total. The van der Waals surface area contributed by atoms with Gasteiger partial charge in [0, 0.05) is 6.54 Å². The Morgan fingerprint density at radius 1 is 1.22 bits per heavy atom. The van der Waals surface area contributed by atoms with Crippen LogP contribution in [0.5, 0.6) is 5.75 Å². The fraction of sp³-hybridized carbons (Fsp3) is 0.381. The van der Waals surface area contributed by atoms with Gasteiger partial charge in [0.2, 0.25) is 0 Å². The summed E-state index contributed by atoms with van der Waals surface area (Å²) in [7, 11) is 1.63. The molecule has 0 bridgehead atoms. The molecule has 3 rings (SSSR count). The molecule has 2 aromatic carbocycles. The summed E-state index contributed by atoms with van der Waals surface area (Å²) in [5, 5.41) is 16.3. The van der Waals surface area contributed by atoms with Crippen LogP contribution >= 0.6 is 0 Å². The molecule has 1 saturated heterocycles. The topological polar surface area (TPSA) is 79.8 Å². The molecule has 0 radical (unpaired) electrons. The summed E-state index contributed by atoms with van der Waals surface area (Å²) in [6, 6.07) is 17.1. The van der Waals surface area contributed by atoms with Crippen molar-refractivity contribution in [3.63, 3.8) is 0 Å². The molecule has 144 valence electrons. The van der Waals surface area contributed by atoms with Gasteiger partial charge in [0.15, 0.2) is 0 Å². The molecule has 0 saturated carbocycles. The molecule has 1 fully saturated rings. The van der Waals surface area contributed by atoms with Crippen LogP contribution in [0, 0.1) is 0 Å². The third-order valence-corrected chi connectivity index (χ3v) is 4.86. The zero-order chi connectivity index (χ0) is 19.2. The smallest absolute Gasteiger partial charge is 0.408 e. The third-order valence-electron chi connectivity index (χ3n) is 4.86. The monoisotopic (exact) mass is 370 g/mol. The van der Waals surface area contributed by atoms with E-state index in [1.165, 1.54) is 0 Å². The highest BCUT2D eigenvalue weighted by molar-refractivity contribution is 5.68. The van der Waals surface area contributed by atoms with Crippen LogP contribution in [0.4, 0.5) is 4.79 Å². The van der Waals surface area contributed by atoms with Crippen molar-refractivity contribution < 1.29 is 19.4 Å². The zero-order valence-electron chi connectivity index (χ0n) is 15.6. The van der Waals surface area contributed by atoms with E-state index in [2.05, 4.69) is 10.6 Å². The number of rotatable bonds is 6. The molecule has 0 spiro atoms. The van der Waals surface area contributed by atoms with E-state index >= 15 is 0 Å². The summed E-state index contributed by atoms with van der Waals surface area (Å²) in [5.41, 5.74) is 2.07. The SMILES string of the molecule is COc1ccc(C[C@H]2NC[C@H](O)[C@H]2OC(=O)N[C@H](C)c2ccccc2)cc1. The number of aliphatic hydroxyl groups is 1. The first-order valence-electron chi connectivity index (χ1n) is 9.13. The van der Waals surface area contributed by atoms with Gasteiger partial charge in [-0.05, 0) is 36.6 Å². The minimum Gasteiger partial charge on any atom is -0.497 e. The largest absolute Gasteiger partial charge is 0.497 e. The van der Waals surface area contributed by atoms with E-state index < -0.39 is 18.3 Å². The van der Waals surface area contributed by atoms with Gasteiger partial charge in [0.05, 0.1) is 19.2 Å². The highest BCUT2D eigenvalue weighted by Gasteiger charge is 2.38. The Balaban J connectivity index is 1.58. The highest BCUT2D eigenvalue weighted by atomic mass is 16.6. The first kappa shape index (κ1) is 19.2. The number of amides is 1. The number of aliphatic hydroxyl groups excluding tert-OH is 1. The molecular weight excluding hydrogens is 344 g/mol. The zero-order valence-corrected chi connectivity index (χ0v) is 15.6. The third kappa shape index (κ3) is 4.99. The molecule has 0 aromatic heterocycles. The average Bonchev–Trinajstić information content (AvgIpc) is 3.02. The van der Waals surface area contributed by atoms with Crippen LogP contribution < -0.4 is 15.4 Å². The molecule has 6 heteroatoms. The summed E-state index contributed by atoms with van der Waals surface area (Å²) in [6.07, 6.45) is -1.22. The Kier molecular flexibility index (Phi) is 6.32. The lowest BCUT2D eigenvalue weighted by Crippen LogP contribution is -2.42. The summed E-state index contributed by atoms with van der Waals surface area (Å²) < 4.78 is 10.7. The van der Waals surface area contributed by atoms with E-state index in [1.54, 1.807) is 7.11 Å². The molecule has 2 aromatic rings. The normalized spacial score (nSPS) is 22.9. The highest BCUT2D eigenvalue weighted by Crippen LogP contribution is 2.20. The van der Waals surface area contributed by atoms with Crippen molar-refractivity contribution in [3.05, 3.63) is 65.7 Å². The van der Waals surface area contributed by atoms with Gasteiger partial charge in [-0.25, -0.2) is 4.79 Å². The predicted molar refractivity (Wildman–Crippen MR) is 103 cm³/mol. The maximum Gasteiger partial charge on any atom is 0.408 e. The number of methoxy groups -OCH3 is 1. The van der Waals surface area contributed by atoms with Crippen molar-refractivity contribution >= 4 is 6.09 Å². The van der Waals surface area contributed by atoms with Gasteiger partial charge in [0.1, 0.15) is 18.0 Å². The summed E-state index contributed by atoms with van der Waals surface area (Å²) in [4.78, 5) is 12.3. The van der Waals surface area contributed by atoms with Gasteiger partial charge in [-0.15, -0.1) is 0 Å². The van der Waals surface area contributed by atoms with E-state index in [1.807, 2.05) is 61.5 Å². The van der Waals surface area contributed by atoms with E-state index in [0.717, 1.165) is 16.9 Å². The molecule has 6 nitrogen and oxygen atoms in total. The quantitative estimate of drug-likeness (QED) is 0.728. The average molecular weight is 370 g/mol. The van der Waals surface area contributed by atoms with Crippen molar-refractivity contribution in [1.82, 2.24) is 10.6 Å². The molecule has 0 aliphatic carbocycles. The van der Waals surface area contributed by atoms with Gasteiger partial charge in [-0.2, -0.15) is 0 Å². The van der Waals surface area contributed by atoms with Crippen LogP contribution in [-0.2, 0) is 11.2 Å². The molecule has 27 heavy (non-hydrogen) atoms. The van der Waals surface area contributed by atoms with Crippen molar-refractivity contribution in [2.24, 2.45) is 0 Å². The van der Waals surface area contributed by atoms with Crippen molar-refractivity contribution in [3.8, 4) is 5.75 Å². The second-order valence-electron chi connectivity index (χ2n) is 6.78. The molecule has 1 aliphatic rings. The molecular formula is C21H26N2O4. The second kappa shape index (κ2) is 8.88. The van der Waals surface area contributed by atoms with Gasteiger partial charge in [0.25, 0.3) is 0 Å². The van der Waals surface area contributed by atoms with Crippen LogP contribution in [0.15, 0.2) is 54.6 Å². The van der Waals surface area contributed by atoms with Crippen molar-refractivity contribution in [1.29, 1.82) is 0 Å². The minimum absolute atomic E-state index is 0.147. The first-order chi connectivity index (χ1) is 13.1. The van der Waals surface area contributed by atoms with E-state index in [0.29, 0.717) is 13.0 Å². The maximum absolute atomic E-state index is 12.3. The Hall–Kier alpha value is -2.57. The molecule has 1 aliphatic heterocycles. The van der Waals surface area contributed by atoms with E-state index in [4.69, 9.17) is 9.47 Å². The van der Waals surface area contributed by atoms with Crippen molar-refractivity contribution in [2.45, 2.75) is 37.6 Å². The Morgan fingerprint density at radius 3 is 2.59 bits per heavy atom. The maximum atomic E-state index is 12.3. The molecule has 1 heterocycles. The first-order valence-corrected chi connectivity index (χ1v) is 9.13. The fourth-order valence-corrected chi connectivity index (χ4v) is 3.30. The molecule has 0 unspecified atom stereocenters. The lowest BCUT2D eigenvalue weighted by molar-refractivity contribution is 0.0179. The lowest BCUT2D eigenvalue weighted by Gasteiger charge is -2.23. The second-order valence-corrected chi connectivity index (χ2v) is 6.78. The van der Waals surface area contributed by atoms with E-state index in [9.17, 15) is 9.90 Å². The number of β-amino-alcohol motifs (C(OH)–C–C–N with tert-alkyl or cyclic N) is 1. The van der Waals surface area contributed by atoms with Crippen LogP contribution in [0.2, 0.25) is 0 Å². The van der Waals surface area contributed by atoms with Crippen LogP contribution in [0.3, 0.4) is 0 Å². The van der Waals surface area contributed by atoms with Gasteiger partial charge < -0.3 is 25.2 Å². The standard InChI is InChI=1S/C21H26N2O4/c1-14(16-6-4-3-5-7-16)23-21(25)27-20-18(22-13-19(20)24)12-15-8-10-17(26-2)11-9-15/h3-11,14,18-20,22,24H,12-13H2,1-2H3,(H,23,25)/t14-,18-,19+,20+/m1/s1. The van der Waals surface area contributed by atoms with Gasteiger partial charge in [-0.1, -0.05) is 42.5 Å². The number of carbonyl (C=O) groups excluding carboxylic acids is 1. The number of hydrogen-bond acceptors (Lipinski definition) is 5. The number of hydrogen-bond donors (Lipinski definition) is 3.